The van der Waals surface area contributed by atoms with E-state index in [9.17, 15) is 0 Å². The van der Waals surface area contributed by atoms with Crippen LogP contribution in [0.1, 0.15) is 59.9 Å². The Labute approximate surface area is 147 Å². The molecule has 4 nitrogen and oxygen atoms in total. The Bertz CT molecular complexity index is 590. The van der Waals surface area contributed by atoms with Crippen LogP contribution in [0.4, 0.5) is 0 Å². The molecule has 2 aromatic heterocycles. The zero-order valence-electron chi connectivity index (χ0n) is 16.1. The Balaban J connectivity index is 0.000000501. The van der Waals surface area contributed by atoms with Crippen LogP contribution in [-0.2, 0) is 0 Å². The van der Waals surface area contributed by atoms with Crippen molar-refractivity contribution in [3.63, 3.8) is 0 Å². The standard InChI is InChI=1S/C12H13N3.C6H13N.C2H6/c1-9(2)10-6-11(8-13-7-10)12-4-3-5-14-15-12;1-5(2)6(3)4-7;1-2/h3-9H,1-2H3;4-5H,7H2,1-3H3;1-2H3/b;6-4+;. The molecule has 2 heterocycles. The van der Waals surface area contributed by atoms with Gasteiger partial charge in [-0.2, -0.15) is 10.2 Å². The smallest absolute Gasteiger partial charge is 0.0945 e. The highest BCUT2D eigenvalue weighted by atomic mass is 15.1. The summed E-state index contributed by atoms with van der Waals surface area (Å²) in [7, 11) is 0. The summed E-state index contributed by atoms with van der Waals surface area (Å²) in [6.07, 6.45) is 7.04. The Morgan fingerprint density at radius 2 is 1.79 bits per heavy atom. The van der Waals surface area contributed by atoms with Gasteiger partial charge in [0.05, 0.1) is 5.69 Å². The van der Waals surface area contributed by atoms with Gasteiger partial charge >= 0.3 is 0 Å². The van der Waals surface area contributed by atoms with Crippen molar-refractivity contribution >= 4 is 0 Å². The summed E-state index contributed by atoms with van der Waals surface area (Å²) < 4.78 is 0. The molecule has 2 N–H and O–H groups in total. The minimum Gasteiger partial charge on any atom is -0.405 e. The third-order valence-corrected chi connectivity index (χ3v) is 3.47. The molecule has 0 unspecified atom stereocenters. The van der Waals surface area contributed by atoms with E-state index in [4.69, 9.17) is 5.73 Å². The highest BCUT2D eigenvalue weighted by Gasteiger charge is 2.03. The van der Waals surface area contributed by atoms with Crippen molar-refractivity contribution in [2.45, 2.75) is 54.4 Å². The predicted molar refractivity (Wildman–Crippen MR) is 103 cm³/mol. The van der Waals surface area contributed by atoms with E-state index < -0.39 is 0 Å². The number of nitrogens with zero attached hydrogens (tertiary/aromatic N) is 3. The fourth-order valence-electron chi connectivity index (χ4n) is 1.56. The molecule has 0 radical (unpaired) electrons. The minimum absolute atomic E-state index is 0.481. The average molecular weight is 329 g/mol. The van der Waals surface area contributed by atoms with Crippen LogP contribution in [0.3, 0.4) is 0 Å². The maximum Gasteiger partial charge on any atom is 0.0945 e. The number of aromatic nitrogens is 3. The van der Waals surface area contributed by atoms with Gasteiger partial charge in [0.25, 0.3) is 0 Å². The van der Waals surface area contributed by atoms with Crippen molar-refractivity contribution in [1.82, 2.24) is 15.2 Å². The molecule has 0 fully saturated rings. The van der Waals surface area contributed by atoms with Crippen molar-refractivity contribution in [2.75, 3.05) is 0 Å². The van der Waals surface area contributed by atoms with Gasteiger partial charge in [0.1, 0.15) is 0 Å². The number of allylic oxidation sites excluding steroid dienone is 1. The SMILES string of the molecule is C/C(=C\N)C(C)C.CC.CC(C)c1cncc(-c2cccnn2)c1. The molecule has 4 heteroatoms. The maximum absolute atomic E-state index is 5.21. The lowest BCUT2D eigenvalue weighted by Gasteiger charge is -2.06. The third-order valence-electron chi connectivity index (χ3n) is 3.47. The molecule has 24 heavy (non-hydrogen) atoms. The van der Waals surface area contributed by atoms with E-state index in [1.807, 2.05) is 45.3 Å². The first-order valence-electron chi connectivity index (χ1n) is 8.57. The molecule has 0 spiro atoms. The van der Waals surface area contributed by atoms with E-state index >= 15 is 0 Å². The van der Waals surface area contributed by atoms with Crippen LogP contribution < -0.4 is 5.73 Å². The average Bonchev–Trinajstić information content (AvgIpc) is 2.64. The quantitative estimate of drug-likeness (QED) is 0.841. The first kappa shape index (κ1) is 21.8. The van der Waals surface area contributed by atoms with Crippen LogP contribution in [0.5, 0.6) is 0 Å². The van der Waals surface area contributed by atoms with Gasteiger partial charge in [0.15, 0.2) is 0 Å². The van der Waals surface area contributed by atoms with E-state index in [-0.39, 0.29) is 0 Å². The van der Waals surface area contributed by atoms with Gasteiger partial charge in [-0.25, -0.2) is 0 Å². The highest BCUT2D eigenvalue weighted by molar-refractivity contribution is 5.57. The van der Waals surface area contributed by atoms with Gasteiger partial charge in [-0.3, -0.25) is 4.98 Å². The van der Waals surface area contributed by atoms with Crippen molar-refractivity contribution in [3.05, 3.63) is 54.1 Å². The van der Waals surface area contributed by atoms with Crippen LogP contribution in [0, 0.1) is 5.92 Å². The second-order valence-corrected chi connectivity index (χ2v) is 5.84. The summed E-state index contributed by atoms with van der Waals surface area (Å²) in [5.41, 5.74) is 9.57. The molecule has 2 rings (SSSR count). The first-order valence-corrected chi connectivity index (χ1v) is 8.57. The van der Waals surface area contributed by atoms with E-state index in [0.717, 1.165) is 11.3 Å². The molecular weight excluding hydrogens is 296 g/mol. The molecule has 0 saturated heterocycles. The van der Waals surface area contributed by atoms with Crippen molar-refractivity contribution in [1.29, 1.82) is 0 Å². The van der Waals surface area contributed by atoms with Gasteiger partial charge in [-0.1, -0.05) is 47.1 Å². The Hall–Kier alpha value is -2.23. The van der Waals surface area contributed by atoms with E-state index in [0.29, 0.717) is 11.8 Å². The van der Waals surface area contributed by atoms with E-state index in [2.05, 4.69) is 48.9 Å². The summed E-state index contributed by atoms with van der Waals surface area (Å²) in [5, 5.41) is 7.92. The second-order valence-electron chi connectivity index (χ2n) is 5.84. The summed E-state index contributed by atoms with van der Waals surface area (Å²) in [4.78, 5) is 4.21. The molecule has 0 amide bonds. The lowest BCUT2D eigenvalue weighted by atomic mass is 10.0. The maximum atomic E-state index is 5.21. The van der Waals surface area contributed by atoms with Gasteiger partial charge in [0, 0.05) is 24.2 Å². The Morgan fingerprint density at radius 1 is 1.12 bits per heavy atom. The van der Waals surface area contributed by atoms with Crippen LogP contribution in [-0.4, -0.2) is 15.2 Å². The second kappa shape index (κ2) is 12.2. The summed E-state index contributed by atoms with van der Waals surface area (Å²) in [6, 6.07) is 5.93. The fourth-order valence-corrected chi connectivity index (χ4v) is 1.56. The van der Waals surface area contributed by atoms with Crippen molar-refractivity contribution in [3.8, 4) is 11.3 Å². The van der Waals surface area contributed by atoms with Gasteiger partial charge < -0.3 is 5.73 Å². The molecule has 0 aliphatic heterocycles. The monoisotopic (exact) mass is 328 g/mol. The lowest BCUT2D eigenvalue weighted by molar-refractivity contribution is 0.766. The lowest BCUT2D eigenvalue weighted by Crippen LogP contribution is -1.92. The van der Waals surface area contributed by atoms with Crippen molar-refractivity contribution < 1.29 is 0 Å². The number of hydrogen-bond donors (Lipinski definition) is 1. The largest absolute Gasteiger partial charge is 0.405 e. The Kier molecular flexibility index (Phi) is 11.1. The molecule has 0 saturated carbocycles. The molecule has 0 aliphatic rings. The Morgan fingerprint density at radius 3 is 2.21 bits per heavy atom. The van der Waals surface area contributed by atoms with Gasteiger partial charge in [-0.05, 0) is 48.7 Å². The number of rotatable bonds is 3. The number of hydrogen-bond acceptors (Lipinski definition) is 4. The molecule has 0 atom stereocenters. The molecule has 0 aliphatic carbocycles. The number of nitrogens with two attached hydrogens (primary N) is 1. The molecular formula is C20H32N4. The first-order chi connectivity index (χ1) is 11.5. The van der Waals surface area contributed by atoms with Crippen molar-refractivity contribution in [2.24, 2.45) is 11.7 Å². The minimum atomic E-state index is 0.481. The van der Waals surface area contributed by atoms with E-state index in [1.54, 1.807) is 12.4 Å². The summed E-state index contributed by atoms with van der Waals surface area (Å²) in [6.45, 7) is 14.6. The fraction of sp³-hybridized carbons (Fsp3) is 0.450. The van der Waals surface area contributed by atoms with Crippen LogP contribution in [0.15, 0.2) is 48.6 Å². The van der Waals surface area contributed by atoms with Gasteiger partial charge in [0.2, 0.25) is 0 Å². The van der Waals surface area contributed by atoms with Crippen LogP contribution in [0.25, 0.3) is 11.3 Å². The predicted octanol–water partition coefficient (Wildman–Crippen LogP) is 5.19. The van der Waals surface area contributed by atoms with Gasteiger partial charge in [-0.15, -0.1) is 0 Å². The zero-order valence-corrected chi connectivity index (χ0v) is 16.1. The third kappa shape index (κ3) is 7.86. The molecule has 132 valence electrons. The number of pyridine rings is 1. The van der Waals surface area contributed by atoms with E-state index in [1.165, 1.54) is 11.1 Å². The topological polar surface area (TPSA) is 64.7 Å². The molecule has 0 bridgehead atoms. The highest BCUT2D eigenvalue weighted by Crippen LogP contribution is 2.20. The summed E-state index contributed by atoms with van der Waals surface area (Å²) in [5.74, 6) is 1.08. The molecule has 0 aromatic carbocycles. The zero-order chi connectivity index (χ0) is 18.5. The molecule has 2 aromatic rings. The van der Waals surface area contributed by atoms with Crippen LogP contribution in [0.2, 0.25) is 0 Å². The van der Waals surface area contributed by atoms with Crippen LogP contribution >= 0.6 is 0 Å². The summed E-state index contributed by atoms with van der Waals surface area (Å²) >= 11 is 0. The normalized spacial score (nSPS) is 10.6.